The predicted molar refractivity (Wildman–Crippen MR) is 437 cm³/mol. The van der Waals surface area contributed by atoms with E-state index in [2.05, 4.69) is 89.6 Å². The molecule has 37 N–H and O–H groups in total. The van der Waals surface area contributed by atoms with E-state index < -0.39 is 299 Å². The number of carboxylic acids is 4. The lowest BCUT2D eigenvalue weighted by atomic mass is 10.0. The molecule has 0 radical (unpaired) electrons. The molecule has 15 atom stereocenters. The van der Waals surface area contributed by atoms with Crippen molar-refractivity contribution in [3.63, 3.8) is 0 Å². The van der Waals surface area contributed by atoms with Crippen LogP contribution in [-0.2, 0) is 105 Å². The van der Waals surface area contributed by atoms with Crippen LogP contribution in [0.2, 0.25) is 0 Å². The van der Waals surface area contributed by atoms with Gasteiger partial charge < -0.3 is 159 Å². The fraction of sp³-hybridized carbons (Fsp3) is 0.671. The summed E-state index contributed by atoms with van der Waals surface area (Å²) in [4.78, 5) is 286. The predicted octanol–water partition coefficient (Wildman–Crippen LogP) is -12.1. The van der Waals surface area contributed by atoms with Gasteiger partial charge in [-0.3, -0.25) is 112 Å². The monoisotopic (exact) mass is 1820 g/mol. The van der Waals surface area contributed by atoms with E-state index in [1.807, 2.05) is 5.32 Å². The number of primary amides is 1. The Labute approximate surface area is 721 Å². The van der Waals surface area contributed by atoms with E-state index in [1.54, 1.807) is 13.8 Å². The standard InChI is InChI=1S/C70H121N26O29P/c1-31(2)25-42(92-60(113)40(16-19-51(102)103)90-59(112)39(15-18-50(100)101)87-55(108)35(7)83-54(107)34(6)85-58(111)41(20-23-81-70(77)78)88-56(109)36(71)11-8-21-79-68(73)74)62(115)93-43(27-52(104)105)63(116)95-45(29-97)64(117)89-37(12-9-22-80-69(75)76)57(110)84-33(5)53(106)82-28-49(99)86-46(30-125-126(122,123)124)66(119)96-24-10-13-47(96)65(118)91-38(14-17-48(72)98)61(114)94-44(67(120)121)26-32(3)4/h31-47,97H,8-30,71H2,1-7H3,(H2,72,98)(H,82,106)(H,83,107)(H,84,110)(H,85,111)(H,86,99)(H,87,108)(H,88,109)(H,89,117)(H,90,112)(H,91,118)(H,92,113)(H,93,115)(H,94,114)(H,95,116)(H,100,101)(H,102,103)(H,104,105)(H,120,121)(H4,73,74,79)(H4,75,76,80)(H4,77,78,81)(H2,122,123,124)/t33-,34-,35-,36-,37-,38-,39-,40-,41-,42-,43-,44-,45-,46-,47-/m0/s1. The maximum absolute atomic E-state index is 14.2. The number of phosphoric ester groups is 1. The van der Waals surface area contributed by atoms with Gasteiger partial charge in [0.2, 0.25) is 94.5 Å². The number of hydrogen-bond acceptors (Lipinski definition) is 27. The first-order valence-corrected chi connectivity index (χ1v) is 41.2. The summed E-state index contributed by atoms with van der Waals surface area (Å²) in [5.41, 5.74) is 27.3. The molecule has 1 aliphatic rings. The number of aliphatic carboxylic acids is 4. The molecule has 0 aromatic carbocycles. The van der Waals surface area contributed by atoms with Crippen LogP contribution in [0.15, 0.2) is 0 Å². The third-order valence-electron chi connectivity index (χ3n) is 18.3. The smallest absolute Gasteiger partial charge is 0.469 e. The normalized spacial score (nSPS) is 15.7. The van der Waals surface area contributed by atoms with Gasteiger partial charge in [0.15, 0.2) is 17.9 Å². The molecule has 16 amide bonds. The summed E-state index contributed by atoms with van der Waals surface area (Å²) in [7, 11) is -5.41. The molecule has 56 heteroatoms. The molecule has 55 nitrogen and oxygen atoms in total. The summed E-state index contributed by atoms with van der Waals surface area (Å²) in [6.45, 7) is 5.86. The quantitative estimate of drug-likeness (QED) is 0.0116. The number of nitrogens with zero attached hydrogens (tertiary/aromatic N) is 1. The number of amides is 16. The number of carbonyl (C=O) groups excluding carboxylic acids is 16. The zero-order valence-corrected chi connectivity index (χ0v) is 71.4. The lowest BCUT2D eigenvalue weighted by molar-refractivity contribution is -0.144. The molecule has 1 saturated heterocycles. The Bertz CT molecular complexity index is 3930. The Morgan fingerprint density at radius 3 is 1.28 bits per heavy atom. The second-order valence-electron chi connectivity index (χ2n) is 30.0. The van der Waals surface area contributed by atoms with Gasteiger partial charge in [0.05, 0.1) is 32.2 Å². The zero-order chi connectivity index (χ0) is 96.2. The number of hydrogen-bond donors (Lipinski definition) is 32. The molecule has 0 bridgehead atoms. The molecule has 1 aliphatic heterocycles. The van der Waals surface area contributed by atoms with Gasteiger partial charge in [0.1, 0.15) is 84.6 Å². The number of rotatable bonds is 60. The van der Waals surface area contributed by atoms with Crippen LogP contribution in [0.4, 0.5) is 0 Å². The summed E-state index contributed by atoms with van der Waals surface area (Å²) in [6, 6.07) is -25.4. The number of nitrogens with two attached hydrogens (primary N) is 5. The van der Waals surface area contributed by atoms with E-state index in [0.29, 0.717) is 0 Å². The first-order valence-electron chi connectivity index (χ1n) is 39.7. The van der Waals surface area contributed by atoms with E-state index in [4.69, 9.17) is 44.9 Å². The van der Waals surface area contributed by atoms with Crippen molar-refractivity contribution < 1.29 is 140 Å². The van der Waals surface area contributed by atoms with Crippen LogP contribution >= 0.6 is 7.82 Å². The Morgan fingerprint density at radius 1 is 0.421 bits per heavy atom. The minimum Gasteiger partial charge on any atom is -0.481 e. The summed E-state index contributed by atoms with van der Waals surface area (Å²) in [6.07, 6.45) is -6.10. The Kier molecular flexibility index (Phi) is 49.6. The molecule has 0 aromatic heterocycles. The highest BCUT2D eigenvalue weighted by atomic mass is 31.2. The van der Waals surface area contributed by atoms with Crippen molar-refractivity contribution in [2.24, 2.45) is 40.5 Å². The Morgan fingerprint density at radius 2 is 0.802 bits per heavy atom. The lowest BCUT2D eigenvalue weighted by Crippen LogP contribution is -2.61. The van der Waals surface area contributed by atoms with E-state index in [1.165, 1.54) is 20.8 Å². The molecule has 0 aliphatic carbocycles. The first kappa shape index (κ1) is 111. The van der Waals surface area contributed by atoms with Gasteiger partial charge in [-0.2, -0.15) is 0 Å². The number of carbonyl (C=O) groups is 20. The molecule has 1 rings (SSSR count). The number of likely N-dealkylation sites (tertiary alicyclic amines) is 1. The average Bonchev–Trinajstić information content (AvgIpc) is 1.65. The molecule has 710 valence electrons. The van der Waals surface area contributed by atoms with Crippen molar-refractivity contribution >= 4 is 144 Å². The van der Waals surface area contributed by atoms with Crippen LogP contribution in [0, 0.1) is 28.1 Å². The highest BCUT2D eigenvalue weighted by Crippen LogP contribution is 2.36. The topological polar surface area (TPSA) is 919 Å². The molecule has 126 heavy (non-hydrogen) atoms. The van der Waals surface area contributed by atoms with Gasteiger partial charge in [-0.25, -0.2) is 9.36 Å². The van der Waals surface area contributed by atoms with Crippen LogP contribution in [0.1, 0.15) is 151 Å². The van der Waals surface area contributed by atoms with Crippen LogP contribution in [0.3, 0.4) is 0 Å². The summed E-state index contributed by atoms with van der Waals surface area (Å²) in [5, 5.41) is 111. The van der Waals surface area contributed by atoms with Gasteiger partial charge in [0, 0.05) is 45.4 Å². The SMILES string of the molecule is CC(C)C[C@H](NC(=O)[C@H](CCC(N)=O)NC(=O)[C@@H]1CCCN1C(=O)[C@H](COP(=O)(O)O)NC(=O)CNC(=O)[C@H](C)NC(=O)[C@H](CCCNC(=N)N)NC(=O)[C@H](CO)NC(=O)[C@H](CC(=O)O)NC(=O)[C@H](CC(C)C)NC(=O)[C@H](CCC(=O)O)NC(=O)[C@H](CCC(=O)O)NC(=O)[C@H](C)NC(=O)[C@H](C)NC(=O)[C@H](CCNC(=N)N)NC(=O)[C@@H](N)CCCNC(=N)N)C(=O)O. The number of nitrogens with one attached hydrogen (secondary N) is 20. The largest absolute Gasteiger partial charge is 0.481 e. The molecule has 0 saturated carbocycles. The van der Waals surface area contributed by atoms with Crippen molar-refractivity contribution in [1.82, 2.24) is 95.3 Å². The summed E-state index contributed by atoms with van der Waals surface area (Å²) >= 11 is 0. The van der Waals surface area contributed by atoms with Crippen LogP contribution in [0.25, 0.3) is 0 Å². The Balaban J connectivity index is 3.46. The van der Waals surface area contributed by atoms with Crippen LogP contribution < -0.4 is 119 Å². The third-order valence-corrected chi connectivity index (χ3v) is 18.8. The van der Waals surface area contributed by atoms with Gasteiger partial charge in [-0.1, -0.05) is 27.7 Å². The van der Waals surface area contributed by atoms with Gasteiger partial charge in [0.25, 0.3) is 0 Å². The maximum Gasteiger partial charge on any atom is 0.469 e. The summed E-state index contributed by atoms with van der Waals surface area (Å²) < 4.78 is 16.4. The minimum atomic E-state index is -5.41. The van der Waals surface area contributed by atoms with Crippen LogP contribution in [-0.4, -0.2) is 313 Å². The molecular weight excluding hydrogens is 1700 g/mol. The number of carboxylic acid groups (broad SMARTS) is 4. The average molecular weight is 1820 g/mol. The molecule has 1 fully saturated rings. The van der Waals surface area contributed by atoms with Crippen molar-refractivity contribution in [3.8, 4) is 0 Å². The lowest BCUT2D eigenvalue weighted by Gasteiger charge is -2.30. The second kappa shape index (κ2) is 56.2. The van der Waals surface area contributed by atoms with Crippen molar-refractivity contribution in [1.29, 1.82) is 16.2 Å². The number of guanidine groups is 3. The van der Waals surface area contributed by atoms with E-state index in [9.17, 15) is 136 Å². The molecule has 0 spiro atoms. The van der Waals surface area contributed by atoms with Gasteiger partial charge in [-0.05, 0) is 110 Å². The molecule has 0 unspecified atom stereocenters. The molecule has 0 aromatic rings. The number of aliphatic hydroxyl groups is 1. The highest BCUT2D eigenvalue weighted by Gasteiger charge is 2.42. The maximum atomic E-state index is 14.2. The second-order valence-corrected chi connectivity index (χ2v) is 31.2. The van der Waals surface area contributed by atoms with E-state index in [0.717, 1.165) is 18.7 Å². The number of phosphoric acid groups is 1. The fourth-order valence-electron chi connectivity index (χ4n) is 11.8. The zero-order valence-electron chi connectivity index (χ0n) is 70.5. The van der Waals surface area contributed by atoms with Crippen molar-refractivity contribution in [2.75, 3.05) is 45.9 Å². The summed E-state index contributed by atoms with van der Waals surface area (Å²) in [5.74, 6) is -26.8. The highest BCUT2D eigenvalue weighted by molar-refractivity contribution is 7.46. The fourth-order valence-corrected chi connectivity index (χ4v) is 12.1. The molecular formula is C70H121N26O29P. The number of aliphatic hydroxyl groups excluding tert-OH is 1. The third kappa shape index (κ3) is 45.0. The van der Waals surface area contributed by atoms with Crippen molar-refractivity contribution in [2.45, 2.75) is 242 Å². The molecule has 1 heterocycles. The van der Waals surface area contributed by atoms with Gasteiger partial charge in [-0.15, -0.1) is 0 Å². The minimum absolute atomic E-state index is 0.0348. The van der Waals surface area contributed by atoms with E-state index >= 15 is 0 Å². The Hall–Kier alpha value is -12.8. The first-order chi connectivity index (χ1) is 58.7. The van der Waals surface area contributed by atoms with Gasteiger partial charge >= 0.3 is 31.7 Å². The van der Waals surface area contributed by atoms with E-state index in [-0.39, 0.29) is 95.8 Å². The van der Waals surface area contributed by atoms with Crippen molar-refractivity contribution in [3.05, 3.63) is 0 Å². The van der Waals surface area contributed by atoms with Crippen LogP contribution in [0.5, 0.6) is 0 Å².